The van der Waals surface area contributed by atoms with Gasteiger partial charge in [-0.15, -0.1) is 0 Å². The fraction of sp³-hybridized carbons (Fsp3) is 0.417. The maximum atomic E-state index is 12.6. The van der Waals surface area contributed by atoms with Gasteiger partial charge in [0.25, 0.3) is 0 Å². The summed E-state index contributed by atoms with van der Waals surface area (Å²) in [6.07, 6.45) is -3.53. The lowest BCUT2D eigenvalue weighted by Gasteiger charge is -2.13. The fourth-order valence-electron chi connectivity index (χ4n) is 1.61. The van der Waals surface area contributed by atoms with E-state index in [-0.39, 0.29) is 23.3 Å². The Labute approximate surface area is 106 Å². The lowest BCUT2D eigenvalue weighted by molar-refractivity contribution is -0.138. The summed E-state index contributed by atoms with van der Waals surface area (Å²) < 4.78 is 37.9. The number of carbonyl (C=O) groups is 1. The highest BCUT2D eigenvalue weighted by atomic mass is 79.9. The molecule has 5 heteroatoms. The van der Waals surface area contributed by atoms with E-state index in [0.717, 1.165) is 6.07 Å². The second-order valence-electron chi connectivity index (χ2n) is 3.69. The third kappa shape index (κ3) is 3.56. The van der Waals surface area contributed by atoms with Crippen LogP contribution in [-0.4, -0.2) is 11.1 Å². The second-order valence-corrected chi connectivity index (χ2v) is 4.48. The number of Topliss-reactive ketones (excluding diaryl/α,β-unsaturated/α-hetero) is 1. The van der Waals surface area contributed by atoms with Gasteiger partial charge in [-0.05, 0) is 25.0 Å². The molecule has 0 aliphatic heterocycles. The van der Waals surface area contributed by atoms with E-state index in [2.05, 4.69) is 15.9 Å². The summed E-state index contributed by atoms with van der Waals surface area (Å²) in [5.41, 5.74) is -0.553. The quantitative estimate of drug-likeness (QED) is 0.596. The second kappa shape index (κ2) is 5.67. The predicted molar refractivity (Wildman–Crippen MR) is 63.5 cm³/mol. The van der Waals surface area contributed by atoms with Crippen LogP contribution in [0.25, 0.3) is 0 Å². The number of ketones is 1. The molecule has 1 aromatic rings. The summed E-state index contributed by atoms with van der Waals surface area (Å²) in [5.74, 6) is -0.243. The van der Waals surface area contributed by atoms with E-state index in [9.17, 15) is 18.0 Å². The molecule has 1 nitrogen and oxygen atoms in total. The first-order valence-electron chi connectivity index (χ1n) is 5.14. The first-order chi connectivity index (χ1) is 7.88. The van der Waals surface area contributed by atoms with Crippen LogP contribution in [0.1, 0.15) is 34.3 Å². The summed E-state index contributed by atoms with van der Waals surface area (Å²) in [5, 5.41) is 0.663. The Bertz CT molecular complexity index is 413. The lowest BCUT2D eigenvalue weighted by Crippen LogP contribution is -2.11. The molecule has 0 radical (unpaired) electrons. The molecule has 94 valence electrons. The molecule has 0 bridgehead atoms. The van der Waals surface area contributed by atoms with Crippen LogP contribution < -0.4 is 0 Å². The van der Waals surface area contributed by atoms with Crippen molar-refractivity contribution in [3.63, 3.8) is 0 Å². The normalized spacial score (nSPS) is 11.6. The molecule has 0 amide bonds. The zero-order chi connectivity index (χ0) is 13.1. The Morgan fingerprint density at radius 2 is 2.00 bits per heavy atom. The number of alkyl halides is 4. The Morgan fingerprint density at radius 3 is 2.53 bits per heavy atom. The van der Waals surface area contributed by atoms with Gasteiger partial charge in [0.1, 0.15) is 0 Å². The molecule has 0 atom stereocenters. The van der Waals surface area contributed by atoms with Crippen LogP contribution >= 0.6 is 15.9 Å². The summed E-state index contributed by atoms with van der Waals surface area (Å²) in [6.45, 7) is 1.34. The van der Waals surface area contributed by atoms with Crippen molar-refractivity contribution < 1.29 is 18.0 Å². The van der Waals surface area contributed by atoms with Gasteiger partial charge >= 0.3 is 6.18 Å². The van der Waals surface area contributed by atoms with Crippen LogP contribution in [0, 0.1) is 6.92 Å². The van der Waals surface area contributed by atoms with Crippen molar-refractivity contribution >= 4 is 21.7 Å². The zero-order valence-electron chi connectivity index (χ0n) is 9.27. The van der Waals surface area contributed by atoms with Crippen molar-refractivity contribution in [1.29, 1.82) is 0 Å². The Morgan fingerprint density at radius 1 is 1.35 bits per heavy atom. The summed E-state index contributed by atoms with van der Waals surface area (Å²) >= 11 is 3.18. The molecule has 0 saturated carbocycles. The monoisotopic (exact) mass is 308 g/mol. The van der Waals surface area contributed by atoms with E-state index in [4.69, 9.17) is 0 Å². The van der Waals surface area contributed by atoms with Gasteiger partial charge in [-0.2, -0.15) is 13.2 Å². The van der Waals surface area contributed by atoms with Gasteiger partial charge in [0.05, 0.1) is 5.56 Å². The first-order valence-corrected chi connectivity index (χ1v) is 6.26. The van der Waals surface area contributed by atoms with Crippen LogP contribution in [0.15, 0.2) is 18.2 Å². The maximum Gasteiger partial charge on any atom is 0.416 e. The van der Waals surface area contributed by atoms with Gasteiger partial charge < -0.3 is 0 Å². The summed E-state index contributed by atoms with van der Waals surface area (Å²) in [4.78, 5) is 11.7. The molecule has 0 N–H and O–H groups in total. The topological polar surface area (TPSA) is 17.1 Å². The molecule has 0 aliphatic rings. The molecule has 17 heavy (non-hydrogen) atoms. The summed E-state index contributed by atoms with van der Waals surface area (Å²) in [7, 11) is 0. The highest BCUT2D eigenvalue weighted by Gasteiger charge is 2.33. The van der Waals surface area contributed by atoms with E-state index in [1.54, 1.807) is 0 Å². The van der Waals surface area contributed by atoms with Crippen molar-refractivity contribution in [3.05, 3.63) is 34.9 Å². The lowest BCUT2D eigenvalue weighted by atomic mass is 9.97. The minimum absolute atomic E-state index is 0.0135. The molecular formula is C12H12BrF3O. The maximum absolute atomic E-state index is 12.6. The molecule has 0 spiro atoms. The molecule has 0 aliphatic carbocycles. The van der Waals surface area contributed by atoms with Crippen LogP contribution in [0.4, 0.5) is 13.2 Å². The van der Waals surface area contributed by atoms with Crippen molar-refractivity contribution in [2.24, 2.45) is 0 Å². The van der Waals surface area contributed by atoms with Gasteiger partial charge in [0, 0.05) is 17.3 Å². The van der Waals surface area contributed by atoms with Crippen LogP contribution in [0.3, 0.4) is 0 Å². The number of benzene rings is 1. The fourth-order valence-corrected chi connectivity index (χ4v) is 1.89. The minimum Gasteiger partial charge on any atom is -0.294 e. The molecule has 0 saturated heterocycles. The molecule has 0 fully saturated rings. The third-order valence-corrected chi connectivity index (χ3v) is 3.04. The number of halogens is 4. The van der Waals surface area contributed by atoms with Crippen LogP contribution in [-0.2, 0) is 6.18 Å². The van der Waals surface area contributed by atoms with E-state index >= 15 is 0 Å². The molecular weight excluding hydrogens is 297 g/mol. The Hall–Kier alpha value is -0.840. The molecule has 1 rings (SSSR count). The van der Waals surface area contributed by atoms with E-state index < -0.39 is 11.7 Å². The standard InChI is InChI=1S/C12H12BrF3O/c1-8-9(11(17)6-3-7-13)4-2-5-10(8)12(14,15)16/h2,4-5H,3,6-7H2,1H3. The average molecular weight is 309 g/mol. The van der Waals surface area contributed by atoms with E-state index in [1.807, 2.05) is 0 Å². The number of carbonyl (C=O) groups excluding carboxylic acids is 1. The SMILES string of the molecule is Cc1c(C(=O)CCCBr)cccc1C(F)(F)F. The summed E-state index contributed by atoms with van der Waals surface area (Å²) in [6, 6.07) is 3.72. The molecule has 0 heterocycles. The number of hydrogen-bond donors (Lipinski definition) is 0. The molecule has 0 unspecified atom stereocenters. The molecule has 0 aromatic heterocycles. The average Bonchev–Trinajstić information content (AvgIpc) is 2.24. The van der Waals surface area contributed by atoms with E-state index in [1.165, 1.54) is 19.1 Å². The number of hydrogen-bond acceptors (Lipinski definition) is 1. The Kier molecular flexibility index (Phi) is 4.74. The highest BCUT2D eigenvalue weighted by Crippen LogP contribution is 2.33. The largest absolute Gasteiger partial charge is 0.416 e. The third-order valence-electron chi connectivity index (χ3n) is 2.48. The van der Waals surface area contributed by atoms with E-state index in [0.29, 0.717) is 11.8 Å². The van der Waals surface area contributed by atoms with Crippen LogP contribution in [0.5, 0.6) is 0 Å². The van der Waals surface area contributed by atoms with Crippen molar-refractivity contribution in [2.45, 2.75) is 25.9 Å². The first kappa shape index (κ1) is 14.2. The van der Waals surface area contributed by atoms with Gasteiger partial charge in [0.15, 0.2) is 5.78 Å². The van der Waals surface area contributed by atoms with Gasteiger partial charge in [-0.25, -0.2) is 0 Å². The number of rotatable bonds is 4. The smallest absolute Gasteiger partial charge is 0.294 e. The zero-order valence-corrected chi connectivity index (χ0v) is 10.9. The minimum atomic E-state index is -4.41. The van der Waals surface area contributed by atoms with Crippen molar-refractivity contribution in [3.8, 4) is 0 Å². The molecule has 1 aromatic carbocycles. The van der Waals surface area contributed by atoms with Crippen molar-refractivity contribution in [2.75, 3.05) is 5.33 Å². The predicted octanol–water partition coefficient (Wildman–Crippen LogP) is 4.37. The van der Waals surface area contributed by atoms with Gasteiger partial charge in [-0.3, -0.25) is 4.79 Å². The van der Waals surface area contributed by atoms with Gasteiger partial charge in [0.2, 0.25) is 0 Å². The van der Waals surface area contributed by atoms with Crippen molar-refractivity contribution in [1.82, 2.24) is 0 Å². The van der Waals surface area contributed by atoms with Gasteiger partial charge in [-0.1, -0.05) is 28.1 Å². The Balaban J connectivity index is 3.06. The van der Waals surface area contributed by atoms with Crippen LogP contribution in [0.2, 0.25) is 0 Å². The highest BCUT2D eigenvalue weighted by molar-refractivity contribution is 9.09.